The summed E-state index contributed by atoms with van der Waals surface area (Å²) in [6.07, 6.45) is 2.73. The Morgan fingerprint density at radius 2 is 2.05 bits per heavy atom. The molecule has 2 heterocycles. The number of aryl methyl sites for hydroxylation is 1. The highest BCUT2D eigenvalue weighted by atomic mass is 16.3. The Labute approximate surface area is 131 Å². The molecule has 4 nitrogen and oxygen atoms in total. The Kier molecular flexibility index (Phi) is 4.48. The van der Waals surface area contributed by atoms with Crippen LogP contribution in [0.15, 0.2) is 28.7 Å². The van der Waals surface area contributed by atoms with Crippen LogP contribution in [0.2, 0.25) is 0 Å². The lowest BCUT2D eigenvalue weighted by Crippen LogP contribution is -2.39. The first-order valence-electron chi connectivity index (χ1n) is 8.15. The van der Waals surface area contributed by atoms with Gasteiger partial charge in [0.1, 0.15) is 11.3 Å². The zero-order chi connectivity index (χ0) is 15.5. The third-order valence-corrected chi connectivity index (χ3v) is 4.56. The maximum Gasteiger partial charge on any atom is 0.225 e. The van der Waals surface area contributed by atoms with Crippen LogP contribution < -0.4 is 5.32 Å². The van der Waals surface area contributed by atoms with E-state index in [0.29, 0.717) is 6.54 Å². The number of nitrogens with one attached hydrogen (secondary N) is 1. The first-order chi connectivity index (χ1) is 10.7. The lowest BCUT2D eigenvalue weighted by Gasteiger charge is -2.27. The van der Waals surface area contributed by atoms with Gasteiger partial charge in [-0.05, 0) is 32.0 Å². The average molecular weight is 300 g/mol. The third-order valence-electron chi connectivity index (χ3n) is 4.56. The molecule has 0 unspecified atom stereocenters. The van der Waals surface area contributed by atoms with Crippen LogP contribution in [0.1, 0.15) is 31.1 Å². The SMILES string of the molecule is CCc1oc2ccccc2c1CN(C)C(=O)C1CCNCC1. The van der Waals surface area contributed by atoms with Crippen molar-refractivity contribution in [1.82, 2.24) is 10.2 Å². The summed E-state index contributed by atoms with van der Waals surface area (Å²) in [5.74, 6) is 1.41. The summed E-state index contributed by atoms with van der Waals surface area (Å²) in [5.41, 5.74) is 2.07. The van der Waals surface area contributed by atoms with E-state index < -0.39 is 0 Å². The molecule has 0 spiro atoms. The van der Waals surface area contributed by atoms with E-state index in [0.717, 1.165) is 54.6 Å². The predicted octanol–water partition coefficient (Wildman–Crippen LogP) is 2.95. The quantitative estimate of drug-likeness (QED) is 0.944. The van der Waals surface area contributed by atoms with Crippen molar-refractivity contribution in [2.75, 3.05) is 20.1 Å². The Balaban J connectivity index is 1.81. The fraction of sp³-hybridized carbons (Fsp3) is 0.500. The van der Waals surface area contributed by atoms with Crippen LogP contribution in [-0.4, -0.2) is 30.9 Å². The van der Waals surface area contributed by atoms with E-state index in [2.05, 4.69) is 18.3 Å². The van der Waals surface area contributed by atoms with E-state index in [4.69, 9.17) is 4.42 Å². The lowest BCUT2D eigenvalue weighted by atomic mass is 9.96. The Morgan fingerprint density at radius 1 is 1.32 bits per heavy atom. The molecule has 2 aromatic rings. The fourth-order valence-corrected chi connectivity index (χ4v) is 3.30. The van der Waals surface area contributed by atoms with E-state index in [1.807, 2.05) is 30.1 Å². The van der Waals surface area contributed by atoms with Gasteiger partial charge in [0.15, 0.2) is 0 Å². The zero-order valence-electron chi connectivity index (χ0n) is 13.4. The van der Waals surface area contributed by atoms with Crippen molar-refractivity contribution < 1.29 is 9.21 Å². The van der Waals surface area contributed by atoms with Crippen LogP contribution >= 0.6 is 0 Å². The van der Waals surface area contributed by atoms with E-state index in [-0.39, 0.29) is 11.8 Å². The van der Waals surface area contributed by atoms with Crippen molar-refractivity contribution in [1.29, 1.82) is 0 Å². The number of amides is 1. The smallest absolute Gasteiger partial charge is 0.225 e. The van der Waals surface area contributed by atoms with Gasteiger partial charge in [0.2, 0.25) is 5.91 Å². The molecule has 1 N–H and O–H groups in total. The molecule has 3 rings (SSSR count). The Hall–Kier alpha value is -1.81. The molecule has 4 heteroatoms. The van der Waals surface area contributed by atoms with Crippen LogP contribution in [0.5, 0.6) is 0 Å². The predicted molar refractivity (Wildman–Crippen MR) is 87.7 cm³/mol. The summed E-state index contributed by atoms with van der Waals surface area (Å²) in [6, 6.07) is 8.08. The summed E-state index contributed by atoms with van der Waals surface area (Å²) in [7, 11) is 1.91. The summed E-state index contributed by atoms with van der Waals surface area (Å²) in [5, 5.41) is 4.44. The van der Waals surface area contributed by atoms with Crippen molar-refractivity contribution in [3.63, 3.8) is 0 Å². The van der Waals surface area contributed by atoms with Crippen molar-refractivity contribution in [3.8, 4) is 0 Å². The molecule has 0 saturated carbocycles. The van der Waals surface area contributed by atoms with Crippen molar-refractivity contribution in [2.45, 2.75) is 32.7 Å². The molecule has 1 saturated heterocycles. The molecule has 0 aliphatic carbocycles. The number of furan rings is 1. The van der Waals surface area contributed by atoms with Crippen LogP contribution in [0.25, 0.3) is 11.0 Å². The minimum absolute atomic E-state index is 0.162. The molecule has 1 aromatic heterocycles. The monoisotopic (exact) mass is 300 g/mol. The zero-order valence-corrected chi connectivity index (χ0v) is 13.4. The fourth-order valence-electron chi connectivity index (χ4n) is 3.30. The molecule has 118 valence electrons. The highest BCUT2D eigenvalue weighted by molar-refractivity contribution is 5.83. The molecule has 1 aliphatic heterocycles. The highest BCUT2D eigenvalue weighted by Gasteiger charge is 2.25. The van der Waals surface area contributed by atoms with Crippen molar-refractivity contribution >= 4 is 16.9 Å². The molecular weight excluding hydrogens is 276 g/mol. The van der Waals surface area contributed by atoms with Crippen LogP contribution in [0, 0.1) is 5.92 Å². The summed E-state index contributed by atoms with van der Waals surface area (Å²) in [4.78, 5) is 14.5. The maximum absolute atomic E-state index is 12.6. The summed E-state index contributed by atoms with van der Waals surface area (Å²) in [6.45, 7) is 4.61. The van der Waals surface area contributed by atoms with E-state index >= 15 is 0 Å². The number of hydrogen-bond acceptors (Lipinski definition) is 3. The second-order valence-corrected chi connectivity index (χ2v) is 6.07. The van der Waals surface area contributed by atoms with E-state index in [1.54, 1.807) is 0 Å². The number of carbonyl (C=O) groups is 1. The van der Waals surface area contributed by atoms with Crippen molar-refractivity contribution in [2.24, 2.45) is 5.92 Å². The Morgan fingerprint density at radius 3 is 2.77 bits per heavy atom. The summed E-state index contributed by atoms with van der Waals surface area (Å²) >= 11 is 0. The third kappa shape index (κ3) is 2.88. The number of benzene rings is 1. The van der Waals surface area contributed by atoms with Crippen LogP contribution in [0.3, 0.4) is 0 Å². The largest absolute Gasteiger partial charge is 0.461 e. The molecule has 22 heavy (non-hydrogen) atoms. The minimum atomic E-state index is 0.162. The highest BCUT2D eigenvalue weighted by Crippen LogP contribution is 2.28. The van der Waals surface area contributed by atoms with Gasteiger partial charge in [0.05, 0.1) is 0 Å². The first kappa shape index (κ1) is 15.1. The van der Waals surface area contributed by atoms with Crippen LogP contribution in [0.4, 0.5) is 0 Å². The number of fused-ring (bicyclic) bond motifs is 1. The second-order valence-electron chi connectivity index (χ2n) is 6.07. The Bertz CT molecular complexity index is 656. The molecule has 1 aliphatic rings. The molecule has 1 aromatic carbocycles. The van der Waals surface area contributed by atoms with Gasteiger partial charge in [0.25, 0.3) is 0 Å². The average Bonchev–Trinajstić information content (AvgIpc) is 2.93. The van der Waals surface area contributed by atoms with Gasteiger partial charge in [-0.3, -0.25) is 4.79 Å². The van der Waals surface area contributed by atoms with Crippen molar-refractivity contribution in [3.05, 3.63) is 35.6 Å². The summed E-state index contributed by atoms with van der Waals surface area (Å²) < 4.78 is 5.93. The van der Waals surface area contributed by atoms with Gasteiger partial charge < -0.3 is 14.6 Å². The van der Waals surface area contributed by atoms with Gasteiger partial charge >= 0.3 is 0 Å². The van der Waals surface area contributed by atoms with Crippen LogP contribution in [-0.2, 0) is 17.8 Å². The molecule has 0 atom stereocenters. The number of nitrogens with zero attached hydrogens (tertiary/aromatic N) is 1. The molecular formula is C18H24N2O2. The topological polar surface area (TPSA) is 45.5 Å². The van der Waals surface area contributed by atoms with Gasteiger partial charge in [-0.15, -0.1) is 0 Å². The molecule has 0 radical (unpaired) electrons. The first-order valence-corrected chi connectivity index (χ1v) is 8.15. The van der Waals surface area contributed by atoms with E-state index in [9.17, 15) is 4.79 Å². The van der Waals surface area contributed by atoms with Gasteiger partial charge in [-0.25, -0.2) is 0 Å². The number of para-hydroxylation sites is 1. The second kappa shape index (κ2) is 6.53. The minimum Gasteiger partial charge on any atom is -0.461 e. The number of piperidine rings is 1. The molecule has 1 amide bonds. The standard InChI is InChI=1S/C18H24N2O2/c1-3-16-15(14-6-4-5-7-17(14)22-16)12-20(2)18(21)13-8-10-19-11-9-13/h4-7,13,19H,3,8-12H2,1-2H3. The van der Waals surface area contributed by atoms with Gasteiger partial charge in [-0.2, -0.15) is 0 Å². The number of hydrogen-bond donors (Lipinski definition) is 1. The van der Waals surface area contributed by atoms with E-state index in [1.165, 1.54) is 0 Å². The number of rotatable bonds is 4. The van der Waals surface area contributed by atoms with Gasteiger partial charge in [-0.1, -0.05) is 25.1 Å². The molecule has 0 bridgehead atoms. The number of carbonyl (C=O) groups excluding carboxylic acids is 1. The normalized spacial score (nSPS) is 16.1. The van der Waals surface area contributed by atoms with Gasteiger partial charge in [0, 0.05) is 36.9 Å². The maximum atomic E-state index is 12.6. The lowest BCUT2D eigenvalue weighted by molar-refractivity contribution is -0.135. The molecule has 1 fully saturated rings.